The second kappa shape index (κ2) is 7.04. The largest absolute Gasteiger partial charge is 0.497 e. The van der Waals surface area contributed by atoms with Gasteiger partial charge >= 0.3 is 0 Å². The second-order valence-corrected chi connectivity index (χ2v) is 5.59. The van der Waals surface area contributed by atoms with Gasteiger partial charge in [0.15, 0.2) is 5.13 Å². The van der Waals surface area contributed by atoms with E-state index in [0.717, 1.165) is 11.3 Å². The maximum Gasteiger partial charge on any atom is 0.273 e. The molecule has 0 atom stereocenters. The Labute approximate surface area is 132 Å². The first-order valence-corrected chi connectivity index (χ1v) is 7.49. The van der Waals surface area contributed by atoms with E-state index in [-0.39, 0.29) is 11.8 Å². The molecule has 0 spiro atoms. The van der Waals surface area contributed by atoms with Crippen molar-refractivity contribution >= 4 is 28.3 Å². The molecule has 2 rings (SSSR count). The molecule has 1 N–H and O–H groups in total. The first-order chi connectivity index (χ1) is 10.5. The highest BCUT2D eigenvalue weighted by atomic mass is 32.1. The fourth-order valence-electron chi connectivity index (χ4n) is 1.89. The van der Waals surface area contributed by atoms with Gasteiger partial charge in [0.2, 0.25) is 5.91 Å². The summed E-state index contributed by atoms with van der Waals surface area (Å²) in [7, 11) is 3.31. The van der Waals surface area contributed by atoms with Crippen molar-refractivity contribution in [3.63, 3.8) is 0 Å². The van der Waals surface area contributed by atoms with Crippen LogP contribution in [-0.4, -0.2) is 35.9 Å². The summed E-state index contributed by atoms with van der Waals surface area (Å²) in [6.07, 6.45) is 0. The van der Waals surface area contributed by atoms with Gasteiger partial charge in [-0.2, -0.15) is 0 Å². The third-order valence-corrected chi connectivity index (χ3v) is 3.66. The van der Waals surface area contributed by atoms with Crippen LogP contribution in [-0.2, 0) is 11.3 Å². The van der Waals surface area contributed by atoms with Crippen molar-refractivity contribution in [2.75, 3.05) is 19.5 Å². The summed E-state index contributed by atoms with van der Waals surface area (Å²) < 4.78 is 5.17. The maximum atomic E-state index is 12.3. The second-order valence-electron chi connectivity index (χ2n) is 4.73. The van der Waals surface area contributed by atoms with Crippen molar-refractivity contribution < 1.29 is 14.3 Å². The lowest BCUT2D eigenvalue weighted by Crippen LogP contribution is -2.26. The van der Waals surface area contributed by atoms with Crippen LogP contribution in [0.2, 0.25) is 0 Å². The van der Waals surface area contributed by atoms with E-state index in [1.54, 1.807) is 24.4 Å². The lowest BCUT2D eigenvalue weighted by Gasteiger charge is -2.16. The number of amides is 2. The molecule has 2 aromatic rings. The van der Waals surface area contributed by atoms with Crippen LogP contribution in [0.5, 0.6) is 5.75 Å². The van der Waals surface area contributed by atoms with Crippen LogP contribution >= 0.6 is 11.3 Å². The molecule has 0 aliphatic heterocycles. The molecule has 116 valence electrons. The number of nitrogens with zero attached hydrogens (tertiary/aromatic N) is 2. The smallest absolute Gasteiger partial charge is 0.273 e. The number of hydrogen-bond donors (Lipinski definition) is 1. The van der Waals surface area contributed by atoms with Crippen molar-refractivity contribution in [1.82, 2.24) is 9.88 Å². The van der Waals surface area contributed by atoms with Gasteiger partial charge in [0.25, 0.3) is 5.91 Å². The van der Waals surface area contributed by atoms with Crippen molar-refractivity contribution in [3.05, 3.63) is 40.9 Å². The van der Waals surface area contributed by atoms with Gasteiger partial charge in [-0.15, -0.1) is 11.3 Å². The van der Waals surface area contributed by atoms with E-state index in [2.05, 4.69) is 10.3 Å². The van der Waals surface area contributed by atoms with Gasteiger partial charge in [-0.05, 0) is 17.7 Å². The summed E-state index contributed by atoms with van der Waals surface area (Å²) in [5, 5.41) is 4.62. The predicted molar refractivity (Wildman–Crippen MR) is 85.2 cm³/mol. The molecular formula is C15H17N3O3S. The highest BCUT2D eigenvalue weighted by molar-refractivity contribution is 7.14. The topological polar surface area (TPSA) is 71.5 Å². The molecule has 0 aliphatic rings. The van der Waals surface area contributed by atoms with E-state index in [1.807, 2.05) is 24.3 Å². The Balaban J connectivity index is 2.05. The zero-order valence-electron chi connectivity index (χ0n) is 12.6. The molecule has 22 heavy (non-hydrogen) atoms. The van der Waals surface area contributed by atoms with Crippen molar-refractivity contribution in [2.24, 2.45) is 0 Å². The van der Waals surface area contributed by atoms with Gasteiger partial charge in [0, 0.05) is 25.9 Å². The molecule has 2 amide bonds. The van der Waals surface area contributed by atoms with E-state index < -0.39 is 0 Å². The Hall–Kier alpha value is -2.41. The van der Waals surface area contributed by atoms with Gasteiger partial charge < -0.3 is 15.0 Å². The molecule has 7 heteroatoms. The van der Waals surface area contributed by atoms with Crippen LogP contribution < -0.4 is 10.1 Å². The first-order valence-electron chi connectivity index (χ1n) is 6.61. The van der Waals surface area contributed by atoms with Crippen LogP contribution in [0.1, 0.15) is 23.0 Å². The van der Waals surface area contributed by atoms with Crippen molar-refractivity contribution in [3.8, 4) is 5.75 Å². The maximum absolute atomic E-state index is 12.3. The number of aromatic nitrogens is 1. The van der Waals surface area contributed by atoms with Gasteiger partial charge in [0.05, 0.1) is 7.11 Å². The minimum atomic E-state index is -0.210. The van der Waals surface area contributed by atoms with Gasteiger partial charge in [0.1, 0.15) is 11.4 Å². The van der Waals surface area contributed by atoms with Gasteiger partial charge in [-0.1, -0.05) is 12.1 Å². The van der Waals surface area contributed by atoms with E-state index in [4.69, 9.17) is 4.74 Å². The number of methoxy groups -OCH3 is 1. The fourth-order valence-corrected chi connectivity index (χ4v) is 2.62. The van der Waals surface area contributed by atoms with Crippen molar-refractivity contribution in [1.29, 1.82) is 0 Å². The molecular weight excluding hydrogens is 302 g/mol. The summed E-state index contributed by atoms with van der Waals surface area (Å²) in [6, 6.07) is 7.54. The van der Waals surface area contributed by atoms with Gasteiger partial charge in [-0.25, -0.2) is 4.98 Å². The molecule has 0 unspecified atom stereocenters. The van der Waals surface area contributed by atoms with Crippen molar-refractivity contribution in [2.45, 2.75) is 13.5 Å². The number of benzene rings is 1. The number of carbonyl (C=O) groups is 2. The molecule has 1 aromatic carbocycles. The molecule has 0 bridgehead atoms. The molecule has 0 fully saturated rings. The van der Waals surface area contributed by atoms with Crippen LogP contribution in [0.15, 0.2) is 29.6 Å². The molecule has 0 radical (unpaired) electrons. The molecule has 0 saturated carbocycles. The fraction of sp³-hybridized carbons (Fsp3) is 0.267. The van der Waals surface area contributed by atoms with Gasteiger partial charge in [-0.3, -0.25) is 9.59 Å². The number of carbonyl (C=O) groups excluding carboxylic acids is 2. The average Bonchev–Trinajstić information content (AvgIpc) is 2.94. The zero-order valence-corrected chi connectivity index (χ0v) is 13.4. The minimum absolute atomic E-state index is 0.198. The average molecular weight is 319 g/mol. The summed E-state index contributed by atoms with van der Waals surface area (Å²) in [4.78, 5) is 29.0. The standard InChI is InChI=1S/C15H17N3O3S/c1-10(19)16-15-17-13(9-22-15)14(20)18(2)8-11-5-4-6-12(7-11)21-3/h4-7,9H,8H2,1-3H3,(H,16,17,19). The number of ether oxygens (including phenoxy) is 1. The number of anilines is 1. The first kappa shape index (κ1) is 16.0. The number of nitrogens with one attached hydrogen (secondary N) is 1. The molecule has 6 nitrogen and oxygen atoms in total. The van der Waals surface area contributed by atoms with Crippen LogP contribution in [0.4, 0.5) is 5.13 Å². The third-order valence-electron chi connectivity index (χ3n) is 2.91. The zero-order chi connectivity index (χ0) is 16.1. The molecule has 0 aliphatic carbocycles. The monoisotopic (exact) mass is 319 g/mol. The Bertz CT molecular complexity index is 684. The van der Waals surface area contributed by atoms with E-state index in [1.165, 1.54) is 18.3 Å². The molecule has 0 saturated heterocycles. The Morgan fingerprint density at radius 2 is 2.18 bits per heavy atom. The van der Waals surface area contributed by atoms with E-state index in [9.17, 15) is 9.59 Å². The summed E-state index contributed by atoms with van der Waals surface area (Å²) in [5.41, 5.74) is 1.28. The van der Waals surface area contributed by atoms with Crippen LogP contribution in [0.3, 0.4) is 0 Å². The van der Waals surface area contributed by atoms with Crippen LogP contribution in [0.25, 0.3) is 0 Å². The van der Waals surface area contributed by atoms with E-state index in [0.29, 0.717) is 17.4 Å². The quantitative estimate of drug-likeness (QED) is 0.918. The molecule has 1 heterocycles. The SMILES string of the molecule is COc1cccc(CN(C)C(=O)c2csc(NC(C)=O)n2)c1. The highest BCUT2D eigenvalue weighted by Gasteiger charge is 2.16. The van der Waals surface area contributed by atoms with E-state index >= 15 is 0 Å². The lowest BCUT2D eigenvalue weighted by atomic mass is 10.2. The Kier molecular flexibility index (Phi) is 5.11. The third kappa shape index (κ3) is 4.05. The summed E-state index contributed by atoms with van der Waals surface area (Å²) >= 11 is 1.23. The normalized spacial score (nSPS) is 10.1. The number of hydrogen-bond acceptors (Lipinski definition) is 5. The summed E-state index contributed by atoms with van der Waals surface area (Å²) in [5.74, 6) is 0.341. The lowest BCUT2D eigenvalue weighted by molar-refractivity contribution is -0.114. The Morgan fingerprint density at radius 1 is 1.41 bits per heavy atom. The number of thiazole rings is 1. The minimum Gasteiger partial charge on any atom is -0.497 e. The molecule has 1 aromatic heterocycles. The number of rotatable bonds is 5. The highest BCUT2D eigenvalue weighted by Crippen LogP contribution is 2.18. The predicted octanol–water partition coefficient (Wildman–Crippen LogP) is 2.38. The van der Waals surface area contributed by atoms with Crippen LogP contribution in [0, 0.1) is 0 Å². The summed E-state index contributed by atoms with van der Waals surface area (Å²) in [6.45, 7) is 1.85. The Morgan fingerprint density at radius 3 is 2.86 bits per heavy atom.